The maximum absolute atomic E-state index is 11.5. The fourth-order valence-corrected chi connectivity index (χ4v) is 1.75. The summed E-state index contributed by atoms with van der Waals surface area (Å²) < 4.78 is 6.95. The highest BCUT2D eigenvalue weighted by atomic mass is 16.5. The molecule has 16 heavy (non-hydrogen) atoms. The van der Waals surface area contributed by atoms with E-state index in [0.29, 0.717) is 18.8 Å². The molecule has 88 valence electrons. The van der Waals surface area contributed by atoms with Gasteiger partial charge < -0.3 is 15.4 Å². The molecule has 1 saturated heterocycles. The number of ether oxygens (including phenoxy) is 1. The largest absolute Gasteiger partial charge is 0.397 e. The van der Waals surface area contributed by atoms with Gasteiger partial charge in [0.25, 0.3) is 5.56 Å². The van der Waals surface area contributed by atoms with E-state index in [1.165, 1.54) is 16.9 Å². The predicted molar refractivity (Wildman–Crippen MR) is 60.1 cm³/mol. The molecule has 1 aromatic rings. The van der Waals surface area contributed by atoms with Crippen molar-refractivity contribution in [3.8, 4) is 0 Å². The third kappa shape index (κ3) is 2.59. The zero-order chi connectivity index (χ0) is 11.5. The van der Waals surface area contributed by atoms with E-state index in [-0.39, 0.29) is 11.7 Å². The molecular formula is C10H16N4O2. The molecule has 0 bridgehead atoms. The standard InChI is InChI=1S/C10H16N4O2/c1-13-2-3-16-9(6-13)7-14-10(15)4-8(11)5-12-14/h4-5,9H,2-3,6-7,11H2,1H3. The topological polar surface area (TPSA) is 73.4 Å². The van der Waals surface area contributed by atoms with Gasteiger partial charge in [0.1, 0.15) is 0 Å². The highest BCUT2D eigenvalue weighted by Gasteiger charge is 2.18. The lowest BCUT2D eigenvalue weighted by atomic mass is 10.3. The van der Waals surface area contributed by atoms with Crippen molar-refractivity contribution in [3.05, 3.63) is 22.6 Å². The van der Waals surface area contributed by atoms with Gasteiger partial charge in [0.05, 0.1) is 31.1 Å². The molecule has 2 heterocycles. The van der Waals surface area contributed by atoms with Crippen LogP contribution in [0.5, 0.6) is 0 Å². The van der Waals surface area contributed by atoms with Gasteiger partial charge in [-0.1, -0.05) is 0 Å². The van der Waals surface area contributed by atoms with Crippen molar-refractivity contribution in [2.45, 2.75) is 12.6 Å². The van der Waals surface area contributed by atoms with E-state index in [2.05, 4.69) is 10.00 Å². The van der Waals surface area contributed by atoms with Crippen LogP contribution in [0.2, 0.25) is 0 Å². The molecule has 0 amide bonds. The van der Waals surface area contributed by atoms with E-state index in [9.17, 15) is 4.79 Å². The molecule has 2 N–H and O–H groups in total. The lowest BCUT2D eigenvalue weighted by Gasteiger charge is -2.29. The highest BCUT2D eigenvalue weighted by molar-refractivity contribution is 5.31. The maximum Gasteiger partial charge on any atom is 0.268 e. The van der Waals surface area contributed by atoms with Crippen molar-refractivity contribution in [2.24, 2.45) is 0 Å². The average Bonchev–Trinajstić information content (AvgIpc) is 2.22. The van der Waals surface area contributed by atoms with Gasteiger partial charge in [-0.2, -0.15) is 5.10 Å². The Hall–Kier alpha value is -1.40. The Labute approximate surface area is 93.6 Å². The van der Waals surface area contributed by atoms with Crippen molar-refractivity contribution in [1.82, 2.24) is 14.7 Å². The molecule has 1 atom stereocenters. The SMILES string of the molecule is CN1CCOC(Cn2ncc(N)cc2=O)C1. The van der Waals surface area contributed by atoms with Gasteiger partial charge in [-0.05, 0) is 7.05 Å². The molecule has 1 unspecified atom stereocenters. The third-order valence-corrected chi connectivity index (χ3v) is 2.61. The molecule has 1 fully saturated rings. The van der Waals surface area contributed by atoms with Crippen molar-refractivity contribution in [3.63, 3.8) is 0 Å². The van der Waals surface area contributed by atoms with Gasteiger partial charge in [0, 0.05) is 19.2 Å². The second-order valence-corrected chi connectivity index (χ2v) is 4.06. The summed E-state index contributed by atoms with van der Waals surface area (Å²) in [5, 5.41) is 3.98. The minimum Gasteiger partial charge on any atom is -0.397 e. The van der Waals surface area contributed by atoms with E-state index < -0.39 is 0 Å². The molecule has 0 aliphatic carbocycles. The highest BCUT2D eigenvalue weighted by Crippen LogP contribution is 2.04. The second kappa shape index (κ2) is 4.63. The fraction of sp³-hybridized carbons (Fsp3) is 0.600. The minimum atomic E-state index is -0.183. The zero-order valence-corrected chi connectivity index (χ0v) is 9.30. The van der Waals surface area contributed by atoms with Gasteiger partial charge in [0.2, 0.25) is 0 Å². The summed E-state index contributed by atoms with van der Waals surface area (Å²) in [6.45, 7) is 2.92. The number of nitrogen functional groups attached to an aromatic ring is 1. The van der Waals surface area contributed by atoms with E-state index in [1.54, 1.807) is 0 Å². The summed E-state index contributed by atoms with van der Waals surface area (Å²) in [5.41, 5.74) is 5.68. The first kappa shape index (κ1) is 11.1. The number of nitrogens with two attached hydrogens (primary N) is 1. The quantitative estimate of drug-likeness (QED) is 0.709. The van der Waals surface area contributed by atoms with Crippen LogP contribution in [-0.4, -0.2) is 47.5 Å². The molecule has 6 nitrogen and oxygen atoms in total. The predicted octanol–water partition coefficient (Wildman–Crippen LogP) is -0.844. The van der Waals surface area contributed by atoms with Crippen LogP contribution >= 0.6 is 0 Å². The van der Waals surface area contributed by atoms with Gasteiger partial charge in [-0.25, -0.2) is 4.68 Å². The molecule has 0 aromatic carbocycles. The van der Waals surface area contributed by atoms with Crippen molar-refractivity contribution < 1.29 is 4.74 Å². The third-order valence-electron chi connectivity index (χ3n) is 2.61. The number of hydrogen-bond donors (Lipinski definition) is 1. The molecule has 0 radical (unpaired) electrons. The Morgan fingerprint density at radius 3 is 3.19 bits per heavy atom. The van der Waals surface area contributed by atoms with E-state index in [1.807, 2.05) is 7.05 Å². The molecule has 1 aromatic heterocycles. The van der Waals surface area contributed by atoms with Crippen LogP contribution in [0, 0.1) is 0 Å². The smallest absolute Gasteiger partial charge is 0.268 e. The van der Waals surface area contributed by atoms with Crippen LogP contribution in [0.3, 0.4) is 0 Å². The minimum absolute atomic E-state index is 0.0209. The van der Waals surface area contributed by atoms with Crippen LogP contribution < -0.4 is 11.3 Å². The number of anilines is 1. The van der Waals surface area contributed by atoms with Crippen LogP contribution in [0.4, 0.5) is 5.69 Å². The van der Waals surface area contributed by atoms with Gasteiger partial charge in [-0.3, -0.25) is 4.79 Å². The summed E-state index contributed by atoms with van der Waals surface area (Å²) in [7, 11) is 2.04. The molecular weight excluding hydrogens is 208 g/mol. The first-order chi connectivity index (χ1) is 7.65. The summed E-state index contributed by atoms with van der Waals surface area (Å²) in [4.78, 5) is 13.7. The normalized spacial score (nSPS) is 22.2. The molecule has 1 aliphatic rings. The van der Waals surface area contributed by atoms with E-state index in [0.717, 1.165) is 13.1 Å². The molecule has 1 aliphatic heterocycles. The first-order valence-corrected chi connectivity index (χ1v) is 5.28. The lowest BCUT2D eigenvalue weighted by molar-refractivity contribution is -0.0296. The van der Waals surface area contributed by atoms with Crippen molar-refractivity contribution >= 4 is 5.69 Å². The first-order valence-electron chi connectivity index (χ1n) is 5.28. The van der Waals surface area contributed by atoms with Crippen molar-refractivity contribution in [1.29, 1.82) is 0 Å². The summed E-state index contributed by atoms with van der Waals surface area (Å²) in [6, 6.07) is 1.37. The summed E-state index contributed by atoms with van der Waals surface area (Å²) >= 11 is 0. The molecule has 6 heteroatoms. The van der Waals surface area contributed by atoms with Crippen molar-refractivity contribution in [2.75, 3.05) is 32.5 Å². The fourth-order valence-electron chi connectivity index (χ4n) is 1.75. The Balaban J connectivity index is 2.06. The number of aromatic nitrogens is 2. The van der Waals surface area contributed by atoms with E-state index >= 15 is 0 Å². The van der Waals surface area contributed by atoms with Crippen LogP contribution in [0.15, 0.2) is 17.1 Å². The number of morpholine rings is 1. The number of likely N-dealkylation sites (N-methyl/N-ethyl adjacent to an activating group) is 1. The molecule has 0 spiro atoms. The molecule has 2 rings (SSSR count). The van der Waals surface area contributed by atoms with Gasteiger partial charge in [0.15, 0.2) is 0 Å². The van der Waals surface area contributed by atoms with E-state index in [4.69, 9.17) is 10.5 Å². The monoisotopic (exact) mass is 224 g/mol. The Morgan fingerprint density at radius 1 is 1.69 bits per heavy atom. The van der Waals surface area contributed by atoms with Crippen LogP contribution in [0.1, 0.15) is 0 Å². The Bertz CT molecular complexity index is 418. The Morgan fingerprint density at radius 2 is 2.50 bits per heavy atom. The average molecular weight is 224 g/mol. The second-order valence-electron chi connectivity index (χ2n) is 4.06. The lowest BCUT2D eigenvalue weighted by Crippen LogP contribution is -2.43. The van der Waals surface area contributed by atoms with Gasteiger partial charge >= 0.3 is 0 Å². The number of rotatable bonds is 2. The number of nitrogens with zero attached hydrogens (tertiary/aromatic N) is 3. The van der Waals surface area contributed by atoms with Gasteiger partial charge in [-0.15, -0.1) is 0 Å². The number of hydrogen-bond acceptors (Lipinski definition) is 5. The molecule has 0 saturated carbocycles. The van der Waals surface area contributed by atoms with Crippen LogP contribution in [0.25, 0.3) is 0 Å². The van der Waals surface area contributed by atoms with Crippen LogP contribution in [-0.2, 0) is 11.3 Å². The summed E-state index contributed by atoms with van der Waals surface area (Å²) in [5.74, 6) is 0. The Kier molecular flexibility index (Phi) is 3.21. The summed E-state index contributed by atoms with van der Waals surface area (Å²) in [6.07, 6.45) is 1.50. The zero-order valence-electron chi connectivity index (χ0n) is 9.30. The maximum atomic E-state index is 11.5.